The standard InChI is InChI=1S/C20H18ClNO4S/c1-20(19(23)24,27(25,26)14-5-3-2-4-6-14)12-9-15-16-11-13(21)7-8-17(16)22-18(15)10-12/h2-8,11-12,22H,9-10H2,1H3,(H,23,24). The van der Waals surface area contributed by atoms with Crippen molar-refractivity contribution >= 4 is 38.3 Å². The minimum atomic E-state index is -4.08. The number of aliphatic carboxylic acids is 1. The molecule has 5 nitrogen and oxygen atoms in total. The van der Waals surface area contributed by atoms with Gasteiger partial charge in [-0.15, -0.1) is 0 Å². The number of H-pyrrole nitrogens is 1. The normalized spacial score (nSPS) is 19.0. The second kappa shape index (κ2) is 6.11. The van der Waals surface area contributed by atoms with E-state index >= 15 is 0 Å². The molecule has 0 aliphatic heterocycles. The van der Waals surface area contributed by atoms with Crippen LogP contribution in [0.1, 0.15) is 18.2 Å². The van der Waals surface area contributed by atoms with E-state index in [4.69, 9.17) is 11.6 Å². The lowest BCUT2D eigenvalue weighted by Crippen LogP contribution is -2.50. The summed E-state index contributed by atoms with van der Waals surface area (Å²) in [4.78, 5) is 15.5. The number of fused-ring (bicyclic) bond motifs is 3. The van der Waals surface area contributed by atoms with Gasteiger partial charge in [0, 0.05) is 21.6 Å². The van der Waals surface area contributed by atoms with Crippen molar-refractivity contribution in [2.45, 2.75) is 29.4 Å². The number of rotatable bonds is 4. The van der Waals surface area contributed by atoms with Crippen LogP contribution >= 0.6 is 11.6 Å². The van der Waals surface area contributed by atoms with Gasteiger partial charge in [0.2, 0.25) is 0 Å². The highest BCUT2D eigenvalue weighted by Gasteiger charge is 2.55. The lowest BCUT2D eigenvalue weighted by atomic mass is 9.90. The number of hydrogen-bond donors (Lipinski definition) is 2. The van der Waals surface area contributed by atoms with Gasteiger partial charge in [0.25, 0.3) is 0 Å². The highest BCUT2D eigenvalue weighted by Crippen LogP contribution is 2.43. The van der Waals surface area contributed by atoms with Crippen molar-refractivity contribution in [2.75, 3.05) is 0 Å². The molecule has 27 heavy (non-hydrogen) atoms. The summed E-state index contributed by atoms with van der Waals surface area (Å²) in [5.41, 5.74) is 2.76. The zero-order chi connectivity index (χ0) is 19.4. The van der Waals surface area contributed by atoms with Crippen molar-refractivity contribution in [3.8, 4) is 0 Å². The first-order valence-corrected chi connectivity index (χ1v) is 10.4. The molecule has 0 radical (unpaired) electrons. The van der Waals surface area contributed by atoms with Crippen LogP contribution in [-0.4, -0.2) is 29.2 Å². The first-order chi connectivity index (χ1) is 12.7. The lowest BCUT2D eigenvalue weighted by Gasteiger charge is -2.31. The maximum Gasteiger partial charge on any atom is 0.325 e. The monoisotopic (exact) mass is 403 g/mol. The van der Waals surface area contributed by atoms with Gasteiger partial charge >= 0.3 is 5.97 Å². The van der Waals surface area contributed by atoms with Crippen molar-refractivity contribution in [1.29, 1.82) is 0 Å². The van der Waals surface area contributed by atoms with Crippen molar-refractivity contribution in [3.05, 3.63) is 64.8 Å². The predicted molar refractivity (Wildman–Crippen MR) is 104 cm³/mol. The summed E-state index contributed by atoms with van der Waals surface area (Å²) in [5, 5.41) is 11.5. The Hall–Kier alpha value is -2.31. The first-order valence-electron chi connectivity index (χ1n) is 8.57. The summed E-state index contributed by atoms with van der Waals surface area (Å²) >= 11 is 6.10. The quantitative estimate of drug-likeness (QED) is 0.692. The van der Waals surface area contributed by atoms with E-state index in [-0.39, 0.29) is 4.90 Å². The van der Waals surface area contributed by atoms with Crippen LogP contribution in [0, 0.1) is 5.92 Å². The Morgan fingerprint density at radius 3 is 2.56 bits per heavy atom. The SMILES string of the molecule is CC(C(=O)O)(C1Cc2[nH]c3ccc(Cl)cc3c2C1)S(=O)(=O)c1ccccc1. The zero-order valence-corrected chi connectivity index (χ0v) is 16.1. The molecule has 2 unspecified atom stereocenters. The van der Waals surface area contributed by atoms with Crippen LogP contribution in [0.2, 0.25) is 5.02 Å². The van der Waals surface area contributed by atoms with Gasteiger partial charge < -0.3 is 10.1 Å². The summed E-state index contributed by atoms with van der Waals surface area (Å²) in [6, 6.07) is 13.3. The number of hydrogen-bond acceptors (Lipinski definition) is 3. The van der Waals surface area contributed by atoms with E-state index < -0.39 is 26.5 Å². The summed E-state index contributed by atoms with van der Waals surface area (Å²) in [7, 11) is -4.08. The number of aromatic nitrogens is 1. The van der Waals surface area contributed by atoms with Gasteiger partial charge in [-0.2, -0.15) is 0 Å². The zero-order valence-electron chi connectivity index (χ0n) is 14.6. The van der Waals surface area contributed by atoms with Crippen LogP contribution in [0.15, 0.2) is 53.4 Å². The summed E-state index contributed by atoms with van der Waals surface area (Å²) in [5.74, 6) is -1.91. The molecule has 0 spiro atoms. The van der Waals surface area contributed by atoms with Crippen molar-refractivity contribution < 1.29 is 18.3 Å². The van der Waals surface area contributed by atoms with Gasteiger partial charge in [-0.25, -0.2) is 8.42 Å². The van der Waals surface area contributed by atoms with Gasteiger partial charge in [-0.05, 0) is 61.6 Å². The molecule has 1 aromatic heterocycles. The van der Waals surface area contributed by atoms with E-state index in [0.717, 1.165) is 22.2 Å². The molecule has 0 fully saturated rings. The van der Waals surface area contributed by atoms with Crippen molar-refractivity contribution in [1.82, 2.24) is 4.98 Å². The Kier molecular flexibility index (Phi) is 4.09. The Morgan fingerprint density at radius 1 is 1.19 bits per heavy atom. The van der Waals surface area contributed by atoms with E-state index in [1.165, 1.54) is 19.1 Å². The molecule has 0 bridgehead atoms. The van der Waals surface area contributed by atoms with Crippen LogP contribution in [0.4, 0.5) is 0 Å². The fourth-order valence-electron chi connectivity index (χ4n) is 3.99. The molecular formula is C20H18ClNO4S. The molecule has 140 valence electrons. The van der Waals surface area contributed by atoms with Gasteiger partial charge in [-0.1, -0.05) is 29.8 Å². The third-order valence-electron chi connectivity index (χ3n) is 5.67. The molecule has 0 saturated heterocycles. The molecular weight excluding hydrogens is 386 g/mol. The smallest absolute Gasteiger partial charge is 0.325 e. The van der Waals surface area contributed by atoms with Gasteiger partial charge in [0.15, 0.2) is 14.6 Å². The molecule has 4 rings (SSSR count). The number of carboxylic acids is 1. The maximum atomic E-state index is 13.3. The van der Waals surface area contributed by atoms with E-state index in [0.29, 0.717) is 17.9 Å². The minimum absolute atomic E-state index is 0.0263. The minimum Gasteiger partial charge on any atom is -0.480 e. The molecule has 1 aliphatic carbocycles. The summed E-state index contributed by atoms with van der Waals surface area (Å²) in [6.07, 6.45) is 0.723. The highest BCUT2D eigenvalue weighted by molar-refractivity contribution is 7.93. The van der Waals surface area contributed by atoms with E-state index in [1.807, 2.05) is 12.1 Å². The maximum absolute atomic E-state index is 13.3. The molecule has 1 aliphatic rings. The van der Waals surface area contributed by atoms with Crippen molar-refractivity contribution in [3.63, 3.8) is 0 Å². The average molecular weight is 404 g/mol. The van der Waals surface area contributed by atoms with Crippen LogP contribution in [0.5, 0.6) is 0 Å². The molecule has 2 atom stereocenters. The Morgan fingerprint density at radius 2 is 1.89 bits per heavy atom. The van der Waals surface area contributed by atoms with E-state index in [9.17, 15) is 18.3 Å². The molecule has 2 N–H and O–H groups in total. The van der Waals surface area contributed by atoms with Crippen LogP contribution in [-0.2, 0) is 27.5 Å². The van der Waals surface area contributed by atoms with Crippen molar-refractivity contribution in [2.24, 2.45) is 5.92 Å². The van der Waals surface area contributed by atoms with Crippen LogP contribution in [0.3, 0.4) is 0 Å². The van der Waals surface area contributed by atoms with E-state index in [1.54, 1.807) is 24.3 Å². The molecule has 1 heterocycles. The fourth-order valence-corrected chi connectivity index (χ4v) is 6.00. The number of carboxylic acid groups (broad SMARTS) is 1. The lowest BCUT2D eigenvalue weighted by molar-refractivity contribution is -0.141. The van der Waals surface area contributed by atoms with Gasteiger partial charge in [-0.3, -0.25) is 4.79 Å². The number of carbonyl (C=O) groups is 1. The summed E-state index contributed by atoms with van der Waals surface area (Å²) in [6.45, 7) is 1.32. The number of nitrogens with one attached hydrogen (secondary N) is 1. The van der Waals surface area contributed by atoms with Gasteiger partial charge in [0.05, 0.1) is 4.90 Å². The predicted octanol–water partition coefficient (Wildman–Crippen LogP) is 3.85. The van der Waals surface area contributed by atoms with Crippen LogP contribution in [0.25, 0.3) is 10.9 Å². The third kappa shape index (κ3) is 2.58. The number of aromatic amines is 1. The summed E-state index contributed by atoms with van der Waals surface area (Å²) < 4.78 is 24.6. The van der Waals surface area contributed by atoms with E-state index in [2.05, 4.69) is 4.98 Å². The first kappa shape index (κ1) is 18.1. The van der Waals surface area contributed by atoms with Crippen LogP contribution < -0.4 is 0 Å². The Bertz CT molecular complexity index is 1150. The number of benzene rings is 2. The fraction of sp³-hybridized carbons (Fsp3) is 0.250. The third-order valence-corrected chi connectivity index (χ3v) is 8.43. The molecule has 3 aromatic rings. The molecule has 2 aromatic carbocycles. The Balaban J connectivity index is 1.80. The second-order valence-corrected chi connectivity index (χ2v) is 9.87. The average Bonchev–Trinajstić information content (AvgIpc) is 3.20. The molecule has 0 saturated carbocycles. The molecule has 0 amide bonds. The number of halogens is 1. The Labute approximate surface area is 161 Å². The second-order valence-electron chi connectivity index (χ2n) is 7.11. The highest BCUT2D eigenvalue weighted by atomic mass is 35.5. The topological polar surface area (TPSA) is 87.2 Å². The van der Waals surface area contributed by atoms with Gasteiger partial charge in [0.1, 0.15) is 0 Å². The number of sulfone groups is 1. The molecule has 7 heteroatoms. The largest absolute Gasteiger partial charge is 0.480 e.